The van der Waals surface area contributed by atoms with Crippen molar-refractivity contribution in [3.63, 3.8) is 0 Å². The van der Waals surface area contributed by atoms with Gasteiger partial charge in [-0.3, -0.25) is 9.59 Å². The van der Waals surface area contributed by atoms with E-state index in [1.807, 2.05) is 37.3 Å². The third kappa shape index (κ3) is 4.95. The van der Waals surface area contributed by atoms with Crippen LogP contribution in [0.5, 0.6) is 5.75 Å². The number of hydrogen-bond donors (Lipinski definition) is 0. The second kappa shape index (κ2) is 8.73. The maximum absolute atomic E-state index is 12.4. The molecule has 0 bridgehead atoms. The lowest BCUT2D eigenvalue weighted by Crippen LogP contribution is -2.35. The Morgan fingerprint density at radius 2 is 1.78 bits per heavy atom. The lowest BCUT2D eigenvalue weighted by molar-refractivity contribution is -0.134. The fourth-order valence-corrected chi connectivity index (χ4v) is 2.31. The summed E-state index contributed by atoms with van der Waals surface area (Å²) in [5, 5.41) is 0. The van der Waals surface area contributed by atoms with E-state index in [0.717, 1.165) is 18.3 Å². The van der Waals surface area contributed by atoms with Gasteiger partial charge in [-0.15, -0.1) is 0 Å². The van der Waals surface area contributed by atoms with Gasteiger partial charge in [0.1, 0.15) is 5.75 Å². The van der Waals surface area contributed by atoms with Gasteiger partial charge < -0.3 is 9.64 Å². The van der Waals surface area contributed by atoms with Crippen molar-refractivity contribution < 1.29 is 14.3 Å². The summed E-state index contributed by atoms with van der Waals surface area (Å²) in [5.41, 5.74) is 1.54. The van der Waals surface area contributed by atoms with Gasteiger partial charge in [-0.2, -0.15) is 0 Å². The first kappa shape index (κ1) is 16.7. The van der Waals surface area contributed by atoms with E-state index >= 15 is 0 Å². The van der Waals surface area contributed by atoms with Crippen LogP contribution in [-0.2, 0) is 11.3 Å². The Kier molecular flexibility index (Phi) is 6.36. The summed E-state index contributed by atoms with van der Waals surface area (Å²) >= 11 is 0. The molecule has 4 nitrogen and oxygen atoms in total. The summed E-state index contributed by atoms with van der Waals surface area (Å²) in [6.07, 6.45) is 1.61. The number of hydrogen-bond acceptors (Lipinski definition) is 3. The smallest absolute Gasteiger partial charge is 0.260 e. The second-order valence-electron chi connectivity index (χ2n) is 5.25. The molecule has 2 rings (SSSR count). The molecule has 1 amide bonds. The molecule has 0 saturated heterocycles. The Balaban J connectivity index is 1.99. The molecule has 2 aromatic carbocycles. The lowest BCUT2D eigenvalue weighted by atomic mass is 10.2. The first-order valence-corrected chi connectivity index (χ1v) is 7.73. The maximum Gasteiger partial charge on any atom is 0.260 e. The molecule has 0 fully saturated rings. The summed E-state index contributed by atoms with van der Waals surface area (Å²) in [4.78, 5) is 25.2. The number of aldehydes is 1. The quantitative estimate of drug-likeness (QED) is 0.703. The summed E-state index contributed by atoms with van der Waals surface area (Å²) in [5.74, 6) is 0.350. The van der Waals surface area contributed by atoms with Crippen LogP contribution in [0.15, 0.2) is 54.6 Å². The molecule has 0 aliphatic carbocycles. The first-order chi connectivity index (χ1) is 11.2. The molecule has 0 aliphatic heterocycles. The van der Waals surface area contributed by atoms with Crippen molar-refractivity contribution in [3.8, 4) is 5.75 Å². The number of carbonyl (C=O) groups excluding carboxylic acids is 2. The van der Waals surface area contributed by atoms with Gasteiger partial charge in [-0.25, -0.2) is 0 Å². The van der Waals surface area contributed by atoms with Crippen LogP contribution in [0.3, 0.4) is 0 Å². The molecule has 0 atom stereocenters. The van der Waals surface area contributed by atoms with Crippen molar-refractivity contribution in [1.29, 1.82) is 0 Å². The zero-order valence-corrected chi connectivity index (χ0v) is 13.3. The molecule has 0 heterocycles. The normalized spacial score (nSPS) is 10.1. The summed E-state index contributed by atoms with van der Waals surface area (Å²) in [6, 6.07) is 16.8. The van der Waals surface area contributed by atoms with E-state index < -0.39 is 0 Å². The van der Waals surface area contributed by atoms with Crippen LogP contribution in [0.1, 0.15) is 29.3 Å². The van der Waals surface area contributed by atoms with Crippen LogP contribution in [0.2, 0.25) is 0 Å². The predicted octanol–water partition coefficient (Wildman–Crippen LogP) is 3.32. The Morgan fingerprint density at radius 1 is 1.09 bits per heavy atom. The minimum atomic E-state index is -0.0867. The van der Waals surface area contributed by atoms with Crippen molar-refractivity contribution in [1.82, 2.24) is 4.90 Å². The Labute approximate surface area is 136 Å². The molecule has 0 N–H and O–H groups in total. The highest BCUT2D eigenvalue weighted by atomic mass is 16.5. The molecule has 2 aromatic rings. The molecule has 0 aliphatic rings. The number of para-hydroxylation sites is 1. The molecule has 0 unspecified atom stereocenters. The van der Waals surface area contributed by atoms with Crippen LogP contribution in [0.4, 0.5) is 0 Å². The molecule has 0 saturated carbocycles. The zero-order valence-electron chi connectivity index (χ0n) is 13.3. The third-order valence-electron chi connectivity index (χ3n) is 3.46. The predicted molar refractivity (Wildman–Crippen MR) is 89.5 cm³/mol. The molecule has 0 aromatic heterocycles. The van der Waals surface area contributed by atoms with Gasteiger partial charge in [-0.1, -0.05) is 49.4 Å². The minimum absolute atomic E-state index is 0.0717. The molecule has 23 heavy (non-hydrogen) atoms. The Bertz CT molecular complexity index is 640. The van der Waals surface area contributed by atoms with Crippen LogP contribution < -0.4 is 4.74 Å². The average molecular weight is 311 g/mol. The lowest BCUT2D eigenvalue weighted by Gasteiger charge is -2.22. The van der Waals surface area contributed by atoms with Crippen LogP contribution in [-0.4, -0.2) is 30.2 Å². The van der Waals surface area contributed by atoms with Crippen LogP contribution in [0, 0.1) is 0 Å². The molecular weight excluding hydrogens is 290 g/mol. The van der Waals surface area contributed by atoms with Crippen molar-refractivity contribution in [2.24, 2.45) is 0 Å². The summed E-state index contributed by atoms with van der Waals surface area (Å²) < 4.78 is 5.53. The van der Waals surface area contributed by atoms with Gasteiger partial charge >= 0.3 is 0 Å². The number of amides is 1. The van der Waals surface area contributed by atoms with E-state index in [4.69, 9.17) is 4.74 Å². The first-order valence-electron chi connectivity index (χ1n) is 7.73. The SMILES string of the molecule is CCCN(Cc1ccccc1)C(=O)COc1ccccc1C=O. The number of benzene rings is 2. The largest absolute Gasteiger partial charge is 0.483 e. The highest BCUT2D eigenvalue weighted by Gasteiger charge is 2.14. The summed E-state index contributed by atoms with van der Waals surface area (Å²) in [7, 11) is 0. The maximum atomic E-state index is 12.4. The Morgan fingerprint density at radius 3 is 2.48 bits per heavy atom. The van der Waals surface area contributed by atoms with Crippen molar-refractivity contribution in [2.45, 2.75) is 19.9 Å². The number of nitrogens with zero attached hydrogens (tertiary/aromatic N) is 1. The molecule has 120 valence electrons. The van der Waals surface area contributed by atoms with Gasteiger partial charge in [-0.05, 0) is 24.1 Å². The van der Waals surface area contributed by atoms with Crippen molar-refractivity contribution in [2.75, 3.05) is 13.2 Å². The van der Waals surface area contributed by atoms with Crippen molar-refractivity contribution >= 4 is 12.2 Å². The van der Waals surface area contributed by atoms with Crippen LogP contribution >= 0.6 is 0 Å². The number of ether oxygens (including phenoxy) is 1. The van der Waals surface area contributed by atoms with Gasteiger partial charge in [0.05, 0.1) is 5.56 Å². The number of carbonyl (C=O) groups is 2. The molecule has 0 radical (unpaired) electrons. The Hall–Kier alpha value is -2.62. The van der Waals surface area contributed by atoms with E-state index in [0.29, 0.717) is 24.4 Å². The van der Waals surface area contributed by atoms with E-state index in [1.165, 1.54) is 0 Å². The van der Waals surface area contributed by atoms with Gasteiger partial charge in [0.15, 0.2) is 12.9 Å². The molecule has 4 heteroatoms. The molecule has 0 spiro atoms. The standard InChI is InChI=1S/C19H21NO3/c1-2-12-20(13-16-8-4-3-5-9-16)19(22)15-23-18-11-7-6-10-17(18)14-21/h3-11,14H,2,12-13,15H2,1H3. The van der Waals surface area contributed by atoms with Gasteiger partial charge in [0.2, 0.25) is 0 Å². The second-order valence-corrected chi connectivity index (χ2v) is 5.25. The monoisotopic (exact) mass is 311 g/mol. The van der Waals surface area contributed by atoms with Crippen LogP contribution in [0.25, 0.3) is 0 Å². The van der Waals surface area contributed by atoms with Crippen molar-refractivity contribution in [3.05, 3.63) is 65.7 Å². The number of rotatable bonds is 8. The minimum Gasteiger partial charge on any atom is -0.483 e. The van der Waals surface area contributed by atoms with E-state index in [1.54, 1.807) is 29.2 Å². The summed E-state index contributed by atoms with van der Waals surface area (Å²) in [6.45, 7) is 3.20. The fourth-order valence-electron chi connectivity index (χ4n) is 2.31. The van der Waals surface area contributed by atoms with Gasteiger partial charge in [0.25, 0.3) is 5.91 Å². The zero-order chi connectivity index (χ0) is 16.5. The van der Waals surface area contributed by atoms with E-state index in [9.17, 15) is 9.59 Å². The van der Waals surface area contributed by atoms with E-state index in [2.05, 4.69) is 0 Å². The molecular formula is C19H21NO3. The third-order valence-corrected chi connectivity index (χ3v) is 3.46. The van der Waals surface area contributed by atoms with Gasteiger partial charge in [0, 0.05) is 13.1 Å². The van der Waals surface area contributed by atoms with E-state index in [-0.39, 0.29) is 12.5 Å². The average Bonchev–Trinajstić information content (AvgIpc) is 2.60. The topological polar surface area (TPSA) is 46.6 Å². The highest BCUT2D eigenvalue weighted by Crippen LogP contribution is 2.16. The highest BCUT2D eigenvalue weighted by molar-refractivity contribution is 5.80. The fraction of sp³-hybridized carbons (Fsp3) is 0.263.